The predicted octanol–water partition coefficient (Wildman–Crippen LogP) is 2.79. The Balaban J connectivity index is 2.50. The van der Waals surface area contributed by atoms with Crippen LogP contribution in [0, 0.1) is 0 Å². The Morgan fingerprint density at radius 3 is 2.61 bits per heavy atom. The molecule has 128 valence electrons. The summed E-state index contributed by atoms with van der Waals surface area (Å²) in [7, 11) is 0.186. The Kier molecular flexibility index (Phi) is 9.02. The fraction of sp³-hybridized carbons (Fsp3) is 0.533. The standard InChI is InChI=1S/C15H23NO5PS/c1-11(2)20-15(17)12(3)16-22(23)21-14-7-5-6-13(10-14)19-9-8-18-4/h5-7,10-12H,8-9H2,1-4H3,(H,16,23)/q+1/t12-/m0/s1. The second-order valence-electron chi connectivity index (χ2n) is 5.00. The van der Waals surface area contributed by atoms with E-state index in [2.05, 4.69) is 5.09 Å². The summed E-state index contributed by atoms with van der Waals surface area (Å²) in [5.74, 6) is 0.903. The summed E-state index contributed by atoms with van der Waals surface area (Å²) >= 11 is 5.24. The first kappa shape index (κ1) is 19.8. The van der Waals surface area contributed by atoms with E-state index in [1.807, 2.05) is 12.1 Å². The first-order chi connectivity index (χ1) is 10.9. The monoisotopic (exact) mass is 360 g/mol. The number of nitrogens with one attached hydrogen (secondary N) is 1. The van der Waals surface area contributed by atoms with Crippen LogP contribution in [0.25, 0.3) is 0 Å². The number of carbonyl (C=O) groups excluding carboxylic acids is 1. The van der Waals surface area contributed by atoms with Crippen molar-refractivity contribution in [1.29, 1.82) is 0 Å². The van der Waals surface area contributed by atoms with Crippen LogP contribution in [0.2, 0.25) is 0 Å². The highest BCUT2D eigenvalue weighted by atomic mass is 32.4. The van der Waals surface area contributed by atoms with Crippen LogP contribution in [0.15, 0.2) is 24.3 Å². The van der Waals surface area contributed by atoms with E-state index >= 15 is 0 Å². The van der Waals surface area contributed by atoms with Crippen LogP contribution < -0.4 is 14.3 Å². The van der Waals surface area contributed by atoms with Gasteiger partial charge in [-0.25, -0.2) is 0 Å². The molecule has 0 aliphatic rings. The molecule has 1 aromatic carbocycles. The molecule has 0 heterocycles. The van der Waals surface area contributed by atoms with E-state index in [0.717, 1.165) is 0 Å². The second kappa shape index (κ2) is 10.5. The van der Waals surface area contributed by atoms with E-state index in [9.17, 15) is 4.79 Å². The lowest BCUT2D eigenvalue weighted by molar-refractivity contribution is -0.148. The van der Waals surface area contributed by atoms with Gasteiger partial charge in [0.2, 0.25) is 11.8 Å². The molecule has 1 aromatic rings. The second-order valence-corrected chi connectivity index (χ2v) is 6.95. The molecule has 0 radical (unpaired) electrons. The fourth-order valence-corrected chi connectivity index (χ4v) is 3.04. The first-order valence-corrected chi connectivity index (χ1v) is 9.53. The highest BCUT2D eigenvalue weighted by molar-refractivity contribution is 8.02. The normalized spacial score (nSPS) is 12.7. The summed E-state index contributed by atoms with van der Waals surface area (Å²) in [6.45, 7) is 6.26. The number of hydrogen-bond donors (Lipinski definition) is 1. The zero-order valence-corrected chi connectivity index (χ0v) is 15.5. The van der Waals surface area contributed by atoms with Gasteiger partial charge in [0, 0.05) is 13.2 Å². The molecule has 0 fully saturated rings. The zero-order chi connectivity index (χ0) is 17.2. The lowest BCUT2D eigenvalue weighted by atomic mass is 10.3. The molecule has 6 nitrogen and oxygen atoms in total. The SMILES string of the molecule is COCCOc1cccc(O[P+](=S)N[C@@H](C)C(=O)OC(C)C)c1. The molecular weight excluding hydrogens is 337 g/mol. The van der Waals surface area contributed by atoms with Crippen LogP contribution in [0.5, 0.6) is 11.5 Å². The number of hydrogen-bond acceptors (Lipinski definition) is 6. The van der Waals surface area contributed by atoms with Crippen LogP contribution in [0.1, 0.15) is 20.8 Å². The molecule has 2 atom stereocenters. The van der Waals surface area contributed by atoms with Crippen molar-refractivity contribution in [3.63, 3.8) is 0 Å². The van der Waals surface area contributed by atoms with Gasteiger partial charge >= 0.3 is 13.0 Å². The van der Waals surface area contributed by atoms with Crippen molar-refractivity contribution in [3.8, 4) is 11.5 Å². The molecule has 8 heteroatoms. The van der Waals surface area contributed by atoms with Gasteiger partial charge in [-0.1, -0.05) is 11.2 Å². The van der Waals surface area contributed by atoms with Gasteiger partial charge in [-0.15, -0.1) is 0 Å². The van der Waals surface area contributed by atoms with E-state index in [1.54, 1.807) is 40.0 Å². The van der Waals surface area contributed by atoms with Crippen LogP contribution in [0.4, 0.5) is 0 Å². The van der Waals surface area contributed by atoms with Crippen molar-refractivity contribution in [2.45, 2.75) is 32.9 Å². The third-order valence-corrected chi connectivity index (χ3v) is 4.07. The predicted molar refractivity (Wildman–Crippen MR) is 92.6 cm³/mol. The van der Waals surface area contributed by atoms with Gasteiger partial charge in [-0.3, -0.25) is 9.32 Å². The minimum Gasteiger partial charge on any atom is -0.491 e. The first-order valence-electron chi connectivity index (χ1n) is 7.26. The maximum Gasteiger partial charge on any atom is 0.490 e. The Hall–Kier alpha value is -1.27. The van der Waals surface area contributed by atoms with Crippen LogP contribution >= 0.6 is 7.07 Å². The topological polar surface area (TPSA) is 66.0 Å². The lowest BCUT2D eigenvalue weighted by Gasteiger charge is -2.11. The Bertz CT molecular complexity index is 526. The van der Waals surface area contributed by atoms with Crippen molar-refractivity contribution < 1.29 is 23.5 Å². The van der Waals surface area contributed by atoms with E-state index in [-0.39, 0.29) is 12.1 Å². The van der Waals surface area contributed by atoms with Gasteiger partial charge in [0.1, 0.15) is 18.4 Å². The third kappa shape index (κ3) is 8.23. The fourth-order valence-electron chi connectivity index (χ4n) is 1.53. The number of rotatable bonds is 10. The molecule has 0 aromatic heterocycles. The van der Waals surface area contributed by atoms with E-state index in [1.165, 1.54) is 0 Å². The van der Waals surface area contributed by atoms with Crippen LogP contribution in [0.3, 0.4) is 0 Å². The van der Waals surface area contributed by atoms with Crippen molar-refractivity contribution >= 4 is 24.9 Å². The molecule has 23 heavy (non-hydrogen) atoms. The molecule has 0 saturated heterocycles. The molecule has 0 aliphatic heterocycles. The molecule has 0 bridgehead atoms. The molecule has 0 amide bonds. The van der Waals surface area contributed by atoms with Crippen LogP contribution in [-0.4, -0.2) is 38.4 Å². The number of carbonyl (C=O) groups is 1. The molecule has 0 saturated carbocycles. The Morgan fingerprint density at radius 2 is 1.96 bits per heavy atom. The number of benzene rings is 1. The number of methoxy groups -OCH3 is 1. The molecule has 1 rings (SSSR count). The van der Waals surface area contributed by atoms with Crippen molar-refractivity contribution in [2.75, 3.05) is 20.3 Å². The summed E-state index contributed by atoms with van der Waals surface area (Å²) in [6.07, 6.45) is -0.162. The van der Waals surface area contributed by atoms with E-state index in [0.29, 0.717) is 24.7 Å². The van der Waals surface area contributed by atoms with Gasteiger partial charge in [0.15, 0.2) is 5.75 Å². The van der Waals surface area contributed by atoms with Gasteiger partial charge in [0.05, 0.1) is 12.7 Å². The van der Waals surface area contributed by atoms with E-state index < -0.39 is 13.1 Å². The quantitative estimate of drug-likeness (QED) is 0.391. The number of ether oxygens (including phenoxy) is 3. The van der Waals surface area contributed by atoms with E-state index in [4.69, 9.17) is 30.5 Å². The molecule has 1 N–H and O–H groups in total. The molecule has 0 spiro atoms. The smallest absolute Gasteiger partial charge is 0.490 e. The maximum atomic E-state index is 11.7. The van der Waals surface area contributed by atoms with Gasteiger partial charge in [-0.2, -0.15) is 0 Å². The Morgan fingerprint density at radius 1 is 1.26 bits per heavy atom. The molecule has 1 unspecified atom stereocenters. The molecular formula is C15H23NO5PS+. The highest BCUT2D eigenvalue weighted by Crippen LogP contribution is 2.27. The summed E-state index contributed by atoms with van der Waals surface area (Å²) in [6, 6.07) is 6.64. The highest BCUT2D eigenvalue weighted by Gasteiger charge is 2.25. The largest absolute Gasteiger partial charge is 0.491 e. The lowest BCUT2D eigenvalue weighted by Crippen LogP contribution is -2.33. The zero-order valence-electron chi connectivity index (χ0n) is 13.8. The molecule has 0 aliphatic carbocycles. The van der Waals surface area contributed by atoms with Gasteiger partial charge in [-0.05, 0) is 32.9 Å². The summed E-state index contributed by atoms with van der Waals surface area (Å²) in [4.78, 5) is 11.7. The van der Waals surface area contributed by atoms with Gasteiger partial charge < -0.3 is 14.2 Å². The summed E-state index contributed by atoms with van der Waals surface area (Å²) < 4.78 is 21.2. The van der Waals surface area contributed by atoms with Crippen molar-refractivity contribution in [2.24, 2.45) is 0 Å². The Labute approximate surface area is 143 Å². The maximum absolute atomic E-state index is 11.7. The summed E-state index contributed by atoms with van der Waals surface area (Å²) in [5.41, 5.74) is 0. The van der Waals surface area contributed by atoms with Crippen LogP contribution in [-0.2, 0) is 26.1 Å². The minimum atomic E-state index is -1.43. The average Bonchev–Trinajstić information content (AvgIpc) is 2.47. The number of esters is 1. The van der Waals surface area contributed by atoms with Gasteiger partial charge in [0.25, 0.3) is 0 Å². The summed E-state index contributed by atoms with van der Waals surface area (Å²) in [5, 5.41) is 2.93. The third-order valence-electron chi connectivity index (χ3n) is 2.55. The average molecular weight is 360 g/mol. The minimum absolute atomic E-state index is 0.162. The van der Waals surface area contributed by atoms with Crippen molar-refractivity contribution in [1.82, 2.24) is 5.09 Å². The van der Waals surface area contributed by atoms with Crippen molar-refractivity contribution in [3.05, 3.63) is 24.3 Å².